The van der Waals surface area contributed by atoms with Gasteiger partial charge in [0, 0.05) is 5.69 Å². The molecule has 3 rings (SSSR count). The van der Waals surface area contributed by atoms with Crippen LogP contribution in [0.2, 0.25) is 0 Å². The first kappa shape index (κ1) is 17.0. The maximum atomic E-state index is 11.6. The van der Waals surface area contributed by atoms with Crippen molar-refractivity contribution in [1.29, 1.82) is 0 Å². The van der Waals surface area contributed by atoms with Crippen LogP contribution in [0.4, 0.5) is 0 Å². The molecule has 5 N–H and O–H groups in total. The average molecular weight is 343 g/mol. The standard InChI is InChI=1S/C17H21N5O3/c18-16(23)14-15(17(19)24)22(10-21-14)12-1-3-13(4-2-12)25-9-11-5-7-20-8-6-11/h1-4,10-11,20H,5-9H2,(H2,18,23)(H2,19,24). The first-order valence-corrected chi connectivity index (χ1v) is 8.17. The second-order valence-corrected chi connectivity index (χ2v) is 6.04. The van der Waals surface area contributed by atoms with Gasteiger partial charge in [-0.15, -0.1) is 0 Å². The van der Waals surface area contributed by atoms with Gasteiger partial charge < -0.3 is 21.5 Å². The van der Waals surface area contributed by atoms with Gasteiger partial charge in [-0.05, 0) is 56.1 Å². The number of aromatic nitrogens is 2. The van der Waals surface area contributed by atoms with Crippen molar-refractivity contribution < 1.29 is 14.3 Å². The fourth-order valence-corrected chi connectivity index (χ4v) is 2.93. The monoisotopic (exact) mass is 343 g/mol. The highest BCUT2D eigenvalue weighted by atomic mass is 16.5. The van der Waals surface area contributed by atoms with E-state index >= 15 is 0 Å². The van der Waals surface area contributed by atoms with Crippen LogP contribution in [0.25, 0.3) is 5.69 Å². The minimum Gasteiger partial charge on any atom is -0.493 e. The topological polar surface area (TPSA) is 125 Å². The number of nitrogens with zero attached hydrogens (tertiary/aromatic N) is 2. The Kier molecular flexibility index (Phi) is 4.99. The zero-order valence-electron chi connectivity index (χ0n) is 13.8. The molecule has 0 unspecified atom stereocenters. The average Bonchev–Trinajstić information content (AvgIpc) is 3.07. The summed E-state index contributed by atoms with van der Waals surface area (Å²) in [5.41, 5.74) is 11.1. The number of carbonyl (C=O) groups excluding carboxylic acids is 2. The van der Waals surface area contributed by atoms with Gasteiger partial charge >= 0.3 is 0 Å². The summed E-state index contributed by atoms with van der Waals surface area (Å²) in [4.78, 5) is 26.9. The quantitative estimate of drug-likeness (QED) is 0.702. The van der Waals surface area contributed by atoms with Crippen LogP contribution in [0.15, 0.2) is 30.6 Å². The van der Waals surface area contributed by atoms with Crippen molar-refractivity contribution in [3.05, 3.63) is 42.0 Å². The number of ether oxygens (including phenoxy) is 1. The first-order valence-electron chi connectivity index (χ1n) is 8.17. The number of imidazole rings is 1. The number of benzene rings is 1. The van der Waals surface area contributed by atoms with Crippen molar-refractivity contribution in [2.24, 2.45) is 17.4 Å². The lowest BCUT2D eigenvalue weighted by atomic mass is 9.99. The molecule has 0 radical (unpaired) electrons. The number of nitrogens with one attached hydrogen (secondary N) is 1. The highest BCUT2D eigenvalue weighted by molar-refractivity contribution is 6.04. The predicted octanol–water partition coefficient (Wildman–Crippen LogP) is 0.448. The smallest absolute Gasteiger partial charge is 0.269 e. The van der Waals surface area contributed by atoms with Gasteiger partial charge in [-0.3, -0.25) is 14.2 Å². The molecule has 8 nitrogen and oxygen atoms in total. The third-order valence-corrected chi connectivity index (χ3v) is 4.29. The van der Waals surface area contributed by atoms with Crippen molar-refractivity contribution in [2.75, 3.05) is 19.7 Å². The number of hydrogen-bond acceptors (Lipinski definition) is 5. The molecule has 25 heavy (non-hydrogen) atoms. The molecule has 1 saturated heterocycles. The maximum absolute atomic E-state index is 11.6. The van der Waals surface area contributed by atoms with E-state index in [4.69, 9.17) is 16.2 Å². The summed E-state index contributed by atoms with van der Waals surface area (Å²) < 4.78 is 7.28. The van der Waals surface area contributed by atoms with E-state index in [1.165, 1.54) is 10.9 Å². The van der Waals surface area contributed by atoms with E-state index in [0.717, 1.165) is 31.7 Å². The van der Waals surface area contributed by atoms with Crippen LogP contribution in [0, 0.1) is 5.92 Å². The van der Waals surface area contributed by atoms with E-state index in [-0.39, 0.29) is 11.4 Å². The first-order chi connectivity index (χ1) is 12.1. The Morgan fingerprint density at radius 1 is 1.16 bits per heavy atom. The molecule has 1 aromatic carbocycles. The van der Waals surface area contributed by atoms with Gasteiger partial charge in [0.15, 0.2) is 5.69 Å². The summed E-state index contributed by atoms with van der Waals surface area (Å²) >= 11 is 0. The zero-order valence-corrected chi connectivity index (χ0v) is 13.8. The van der Waals surface area contributed by atoms with E-state index < -0.39 is 11.8 Å². The van der Waals surface area contributed by atoms with Crippen molar-refractivity contribution in [3.8, 4) is 11.4 Å². The highest BCUT2D eigenvalue weighted by Crippen LogP contribution is 2.20. The molecule has 8 heteroatoms. The molecule has 0 aliphatic carbocycles. The number of piperidine rings is 1. The molecule has 2 aromatic rings. The van der Waals surface area contributed by atoms with Crippen LogP contribution in [0.3, 0.4) is 0 Å². The Morgan fingerprint density at radius 3 is 2.44 bits per heavy atom. The molecular formula is C17H21N5O3. The molecule has 2 amide bonds. The van der Waals surface area contributed by atoms with Gasteiger partial charge in [0.2, 0.25) is 0 Å². The zero-order chi connectivity index (χ0) is 17.8. The van der Waals surface area contributed by atoms with Crippen molar-refractivity contribution in [1.82, 2.24) is 14.9 Å². The number of hydrogen-bond donors (Lipinski definition) is 3. The van der Waals surface area contributed by atoms with Crippen LogP contribution in [0.1, 0.15) is 33.8 Å². The molecular weight excluding hydrogens is 322 g/mol. The van der Waals surface area contributed by atoms with E-state index in [2.05, 4.69) is 10.3 Å². The van der Waals surface area contributed by atoms with E-state index in [1.54, 1.807) is 12.1 Å². The van der Waals surface area contributed by atoms with Gasteiger partial charge in [0.05, 0.1) is 6.61 Å². The third-order valence-electron chi connectivity index (χ3n) is 4.29. The molecule has 0 saturated carbocycles. The molecule has 0 atom stereocenters. The highest BCUT2D eigenvalue weighted by Gasteiger charge is 2.21. The number of amides is 2. The molecule has 0 bridgehead atoms. The summed E-state index contributed by atoms with van der Waals surface area (Å²) in [6.07, 6.45) is 3.58. The SMILES string of the molecule is NC(=O)c1ncn(-c2ccc(OCC3CCNCC3)cc2)c1C(N)=O. The fourth-order valence-electron chi connectivity index (χ4n) is 2.93. The second kappa shape index (κ2) is 7.35. The summed E-state index contributed by atoms with van der Waals surface area (Å²) in [6.45, 7) is 2.75. The minimum atomic E-state index is -0.797. The lowest BCUT2D eigenvalue weighted by molar-refractivity contribution is 0.0960. The molecule has 1 aromatic heterocycles. The summed E-state index contributed by atoms with van der Waals surface area (Å²) in [5.74, 6) is -0.251. The van der Waals surface area contributed by atoms with Gasteiger partial charge in [-0.1, -0.05) is 0 Å². The lowest BCUT2D eigenvalue weighted by Crippen LogP contribution is -2.30. The van der Waals surface area contributed by atoms with Gasteiger partial charge in [-0.2, -0.15) is 0 Å². The van der Waals surface area contributed by atoms with Crippen LogP contribution in [0.5, 0.6) is 5.75 Å². The largest absolute Gasteiger partial charge is 0.493 e. The number of nitrogens with two attached hydrogens (primary N) is 2. The fraction of sp³-hybridized carbons (Fsp3) is 0.353. The second-order valence-electron chi connectivity index (χ2n) is 6.04. The van der Waals surface area contributed by atoms with Crippen molar-refractivity contribution in [2.45, 2.75) is 12.8 Å². The maximum Gasteiger partial charge on any atom is 0.269 e. The third kappa shape index (κ3) is 3.80. The lowest BCUT2D eigenvalue weighted by Gasteiger charge is -2.22. The van der Waals surface area contributed by atoms with Crippen LogP contribution in [-0.2, 0) is 0 Å². The van der Waals surface area contributed by atoms with Gasteiger partial charge in [0.1, 0.15) is 17.8 Å². The van der Waals surface area contributed by atoms with Crippen LogP contribution in [-0.4, -0.2) is 41.1 Å². The molecule has 0 spiro atoms. The molecule has 1 aliphatic heterocycles. The van der Waals surface area contributed by atoms with E-state index in [0.29, 0.717) is 18.2 Å². The number of primary amides is 2. The normalized spacial score (nSPS) is 15.0. The summed E-state index contributed by atoms with van der Waals surface area (Å²) in [7, 11) is 0. The Morgan fingerprint density at radius 2 is 1.84 bits per heavy atom. The Balaban J connectivity index is 1.74. The van der Waals surface area contributed by atoms with Gasteiger partial charge in [-0.25, -0.2) is 4.98 Å². The molecule has 2 heterocycles. The summed E-state index contributed by atoms with van der Waals surface area (Å²) in [6, 6.07) is 7.17. The summed E-state index contributed by atoms with van der Waals surface area (Å²) in [5, 5.41) is 3.33. The van der Waals surface area contributed by atoms with Crippen LogP contribution < -0.4 is 21.5 Å². The Hall–Kier alpha value is -2.87. The Labute approximate surface area is 145 Å². The van der Waals surface area contributed by atoms with Crippen molar-refractivity contribution >= 4 is 11.8 Å². The molecule has 132 valence electrons. The predicted molar refractivity (Wildman–Crippen MR) is 91.7 cm³/mol. The number of rotatable bonds is 6. The molecule has 1 fully saturated rings. The number of carbonyl (C=O) groups is 2. The van der Waals surface area contributed by atoms with Crippen LogP contribution >= 0.6 is 0 Å². The van der Waals surface area contributed by atoms with Gasteiger partial charge in [0.25, 0.3) is 11.8 Å². The van der Waals surface area contributed by atoms with Crippen molar-refractivity contribution in [3.63, 3.8) is 0 Å². The molecule has 1 aliphatic rings. The van der Waals surface area contributed by atoms with E-state index in [1.807, 2.05) is 12.1 Å². The Bertz CT molecular complexity index is 763. The van der Waals surface area contributed by atoms with E-state index in [9.17, 15) is 9.59 Å². The minimum absolute atomic E-state index is 0.0316.